The fraction of sp³-hybridized carbons (Fsp3) is 0.273. The molecule has 0 aliphatic heterocycles. The van der Waals surface area contributed by atoms with E-state index in [2.05, 4.69) is 10.3 Å². The molecule has 1 aromatic heterocycles. The Kier molecular flexibility index (Phi) is 4.33. The molecule has 0 aliphatic carbocycles. The number of carbonyl (C=O) groups excluding carboxylic acids is 2. The van der Waals surface area contributed by atoms with Crippen molar-refractivity contribution in [2.24, 2.45) is 0 Å². The topological polar surface area (TPSA) is 96.4 Å². The van der Waals surface area contributed by atoms with Gasteiger partial charge in [-0.05, 0) is 19.1 Å². The molecule has 0 saturated carbocycles. The molecule has 1 rings (SSSR count). The lowest BCUT2D eigenvalue weighted by Gasteiger charge is -2.13. The van der Waals surface area contributed by atoms with E-state index in [1.54, 1.807) is 0 Å². The SMILES string of the molecule is CC(=O)C(CC(=O)O)NC(=O)c1ccncc1. The predicted octanol–water partition coefficient (Wildman–Crippen LogP) is 0.244. The third-order valence-electron chi connectivity index (χ3n) is 2.12. The first-order valence-electron chi connectivity index (χ1n) is 4.94. The molecule has 1 atom stereocenters. The number of carboxylic acid groups (broad SMARTS) is 1. The molecule has 0 radical (unpaired) electrons. The summed E-state index contributed by atoms with van der Waals surface area (Å²) < 4.78 is 0. The largest absolute Gasteiger partial charge is 0.481 e. The predicted molar refractivity (Wildman–Crippen MR) is 58.4 cm³/mol. The van der Waals surface area contributed by atoms with Crippen molar-refractivity contribution in [2.75, 3.05) is 0 Å². The van der Waals surface area contributed by atoms with E-state index in [1.807, 2.05) is 0 Å². The van der Waals surface area contributed by atoms with Gasteiger partial charge < -0.3 is 10.4 Å². The van der Waals surface area contributed by atoms with Gasteiger partial charge in [-0.25, -0.2) is 0 Å². The number of aliphatic carboxylic acids is 1. The molecular weight excluding hydrogens is 224 g/mol. The lowest BCUT2D eigenvalue weighted by Crippen LogP contribution is -2.41. The Balaban J connectivity index is 2.71. The van der Waals surface area contributed by atoms with Crippen LogP contribution in [0.15, 0.2) is 24.5 Å². The molecule has 6 nitrogen and oxygen atoms in total. The Morgan fingerprint density at radius 1 is 1.35 bits per heavy atom. The lowest BCUT2D eigenvalue weighted by molar-refractivity contribution is -0.139. The number of rotatable bonds is 5. The normalized spacial score (nSPS) is 11.6. The van der Waals surface area contributed by atoms with Crippen LogP contribution in [0.1, 0.15) is 23.7 Å². The number of ketones is 1. The molecule has 1 unspecified atom stereocenters. The minimum absolute atomic E-state index is 0.330. The van der Waals surface area contributed by atoms with E-state index in [9.17, 15) is 14.4 Å². The van der Waals surface area contributed by atoms with Crippen LogP contribution in [-0.4, -0.2) is 33.8 Å². The van der Waals surface area contributed by atoms with Gasteiger partial charge in [0, 0.05) is 18.0 Å². The summed E-state index contributed by atoms with van der Waals surface area (Å²) in [4.78, 5) is 37.1. The van der Waals surface area contributed by atoms with Gasteiger partial charge in [0.2, 0.25) is 0 Å². The Bertz CT molecular complexity index is 430. The maximum Gasteiger partial charge on any atom is 0.305 e. The number of carboxylic acids is 1. The van der Waals surface area contributed by atoms with Crippen LogP contribution in [0.3, 0.4) is 0 Å². The molecule has 0 aliphatic rings. The summed E-state index contributed by atoms with van der Waals surface area (Å²) in [6.07, 6.45) is 2.45. The Morgan fingerprint density at radius 2 is 1.94 bits per heavy atom. The van der Waals surface area contributed by atoms with Crippen molar-refractivity contribution < 1.29 is 19.5 Å². The fourth-order valence-corrected chi connectivity index (χ4v) is 1.22. The molecule has 0 spiro atoms. The summed E-state index contributed by atoms with van der Waals surface area (Å²) >= 11 is 0. The zero-order chi connectivity index (χ0) is 12.8. The van der Waals surface area contributed by atoms with Crippen molar-refractivity contribution in [1.82, 2.24) is 10.3 Å². The minimum Gasteiger partial charge on any atom is -0.481 e. The van der Waals surface area contributed by atoms with Crippen LogP contribution in [0.25, 0.3) is 0 Å². The Labute approximate surface area is 97.7 Å². The van der Waals surface area contributed by atoms with Crippen molar-refractivity contribution in [1.29, 1.82) is 0 Å². The second-order valence-corrected chi connectivity index (χ2v) is 3.47. The number of carbonyl (C=O) groups is 3. The zero-order valence-corrected chi connectivity index (χ0v) is 9.21. The zero-order valence-electron chi connectivity index (χ0n) is 9.21. The second kappa shape index (κ2) is 5.74. The Morgan fingerprint density at radius 3 is 2.41 bits per heavy atom. The molecule has 0 fully saturated rings. The van der Waals surface area contributed by atoms with E-state index in [1.165, 1.54) is 31.5 Å². The van der Waals surface area contributed by atoms with E-state index in [0.29, 0.717) is 5.56 Å². The third kappa shape index (κ3) is 4.02. The number of aromatic nitrogens is 1. The number of Topliss-reactive ketones (excluding diaryl/α,β-unsaturated/α-hetero) is 1. The molecule has 0 saturated heterocycles. The van der Waals surface area contributed by atoms with Gasteiger partial charge in [-0.2, -0.15) is 0 Å². The van der Waals surface area contributed by atoms with Crippen molar-refractivity contribution in [3.8, 4) is 0 Å². The molecule has 0 bridgehead atoms. The van der Waals surface area contributed by atoms with Gasteiger partial charge in [-0.3, -0.25) is 19.4 Å². The molecule has 1 amide bonds. The summed E-state index contributed by atoms with van der Waals surface area (Å²) in [6.45, 7) is 1.24. The van der Waals surface area contributed by atoms with Crippen LogP contribution in [0, 0.1) is 0 Å². The standard InChI is InChI=1S/C11H12N2O4/c1-7(14)9(6-10(15)16)13-11(17)8-2-4-12-5-3-8/h2-5,9H,6H2,1H3,(H,13,17)(H,15,16). The summed E-state index contributed by atoms with van der Waals surface area (Å²) in [7, 11) is 0. The fourth-order valence-electron chi connectivity index (χ4n) is 1.22. The molecule has 6 heteroatoms. The molecule has 17 heavy (non-hydrogen) atoms. The van der Waals surface area contributed by atoms with Gasteiger partial charge >= 0.3 is 5.97 Å². The van der Waals surface area contributed by atoms with Crippen molar-refractivity contribution >= 4 is 17.7 Å². The lowest BCUT2D eigenvalue weighted by atomic mass is 10.1. The molecule has 1 aromatic rings. The highest BCUT2D eigenvalue weighted by Crippen LogP contribution is 2.00. The van der Waals surface area contributed by atoms with Gasteiger partial charge in [-0.1, -0.05) is 0 Å². The average molecular weight is 236 g/mol. The number of nitrogens with zero attached hydrogens (tertiary/aromatic N) is 1. The summed E-state index contributed by atoms with van der Waals surface area (Å²) in [5, 5.41) is 11.0. The van der Waals surface area contributed by atoms with E-state index in [0.717, 1.165) is 0 Å². The number of hydrogen-bond acceptors (Lipinski definition) is 4. The summed E-state index contributed by atoms with van der Waals surface area (Å²) in [6, 6.07) is 1.95. The molecular formula is C11H12N2O4. The number of hydrogen-bond donors (Lipinski definition) is 2. The van der Waals surface area contributed by atoms with Gasteiger partial charge in [0.15, 0.2) is 5.78 Å². The van der Waals surface area contributed by atoms with E-state index in [4.69, 9.17) is 5.11 Å². The highest BCUT2D eigenvalue weighted by Gasteiger charge is 2.20. The molecule has 1 heterocycles. The van der Waals surface area contributed by atoms with Crippen molar-refractivity contribution in [3.63, 3.8) is 0 Å². The number of nitrogens with one attached hydrogen (secondary N) is 1. The molecule has 0 aromatic carbocycles. The van der Waals surface area contributed by atoms with Crippen LogP contribution >= 0.6 is 0 Å². The second-order valence-electron chi connectivity index (χ2n) is 3.47. The molecule has 90 valence electrons. The van der Waals surface area contributed by atoms with Crippen LogP contribution in [0.5, 0.6) is 0 Å². The van der Waals surface area contributed by atoms with Crippen molar-refractivity contribution in [2.45, 2.75) is 19.4 Å². The van der Waals surface area contributed by atoms with Crippen LogP contribution < -0.4 is 5.32 Å². The summed E-state index contributed by atoms with van der Waals surface area (Å²) in [5.74, 6) is -2.02. The third-order valence-corrected chi connectivity index (χ3v) is 2.12. The maximum atomic E-state index is 11.7. The van der Waals surface area contributed by atoms with Crippen LogP contribution in [0.4, 0.5) is 0 Å². The van der Waals surface area contributed by atoms with Gasteiger partial charge in [0.1, 0.15) is 0 Å². The van der Waals surface area contributed by atoms with E-state index >= 15 is 0 Å². The van der Waals surface area contributed by atoms with Gasteiger partial charge in [0.05, 0.1) is 12.5 Å². The first-order chi connectivity index (χ1) is 8.00. The monoisotopic (exact) mass is 236 g/mol. The number of amides is 1. The smallest absolute Gasteiger partial charge is 0.305 e. The Hall–Kier alpha value is -2.24. The van der Waals surface area contributed by atoms with E-state index < -0.39 is 30.1 Å². The summed E-state index contributed by atoms with van der Waals surface area (Å²) in [5.41, 5.74) is 0.330. The van der Waals surface area contributed by atoms with Gasteiger partial charge in [-0.15, -0.1) is 0 Å². The van der Waals surface area contributed by atoms with Crippen LogP contribution in [0.2, 0.25) is 0 Å². The highest BCUT2D eigenvalue weighted by molar-refractivity contribution is 5.98. The van der Waals surface area contributed by atoms with Crippen molar-refractivity contribution in [3.05, 3.63) is 30.1 Å². The minimum atomic E-state index is -1.14. The maximum absolute atomic E-state index is 11.7. The first kappa shape index (κ1) is 12.8. The number of pyridine rings is 1. The van der Waals surface area contributed by atoms with E-state index in [-0.39, 0.29) is 0 Å². The van der Waals surface area contributed by atoms with Crippen LogP contribution in [-0.2, 0) is 9.59 Å². The highest BCUT2D eigenvalue weighted by atomic mass is 16.4. The first-order valence-corrected chi connectivity index (χ1v) is 4.94. The molecule has 2 N–H and O–H groups in total. The quantitative estimate of drug-likeness (QED) is 0.763. The van der Waals surface area contributed by atoms with Gasteiger partial charge in [0.25, 0.3) is 5.91 Å². The average Bonchev–Trinajstić information content (AvgIpc) is 2.28.